The van der Waals surface area contributed by atoms with E-state index in [4.69, 9.17) is 11.6 Å². The summed E-state index contributed by atoms with van der Waals surface area (Å²) in [5.41, 5.74) is 4.65. The van der Waals surface area contributed by atoms with Crippen molar-refractivity contribution >= 4 is 34.6 Å². The molecule has 0 spiro atoms. The van der Waals surface area contributed by atoms with E-state index in [0.717, 1.165) is 11.1 Å². The number of nitriles is 1. The predicted molar refractivity (Wildman–Crippen MR) is 108 cm³/mol. The lowest BCUT2D eigenvalue weighted by atomic mass is 10.1. The third-order valence-electron chi connectivity index (χ3n) is 4.00. The topological polar surface area (TPSA) is 77.8 Å². The largest absolute Gasteiger partial charge is 0.353 e. The third kappa shape index (κ3) is 4.25. The Labute approximate surface area is 162 Å². The fraction of sp³-hybridized carbons (Fsp3) is 0.0952. The van der Waals surface area contributed by atoms with Gasteiger partial charge in [0.05, 0.1) is 39.4 Å². The van der Waals surface area contributed by atoms with Crippen molar-refractivity contribution in [1.82, 2.24) is 4.98 Å². The summed E-state index contributed by atoms with van der Waals surface area (Å²) in [4.78, 5) is 16.8. The van der Waals surface area contributed by atoms with Gasteiger partial charge in [0.15, 0.2) is 0 Å². The number of amides is 1. The molecule has 3 rings (SSSR count). The maximum Gasteiger partial charge on any atom is 0.257 e. The zero-order chi connectivity index (χ0) is 19.4. The summed E-state index contributed by atoms with van der Waals surface area (Å²) in [5, 5.41) is 15.7. The van der Waals surface area contributed by atoms with Crippen molar-refractivity contribution in [1.29, 1.82) is 5.26 Å². The van der Waals surface area contributed by atoms with E-state index in [9.17, 15) is 10.1 Å². The van der Waals surface area contributed by atoms with Gasteiger partial charge in [-0.3, -0.25) is 9.78 Å². The molecular formula is C21H17ClN4O. The van der Waals surface area contributed by atoms with Crippen LogP contribution in [0.15, 0.2) is 54.9 Å². The van der Waals surface area contributed by atoms with Gasteiger partial charge >= 0.3 is 0 Å². The highest BCUT2D eigenvalue weighted by Gasteiger charge is 2.13. The summed E-state index contributed by atoms with van der Waals surface area (Å²) >= 11 is 6.27. The van der Waals surface area contributed by atoms with Gasteiger partial charge in [0.25, 0.3) is 5.91 Å². The fourth-order valence-corrected chi connectivity index (χ4v) is 3.11. The molecule has 0 fully saturated rings. The molecule has 0 aliphatic rings. The second-order valence-corrected chi connectivity index (χ2v) is 6.54. The molecule has 5 nitrogen and oxygen atoms in total. The summed E-state index contributed by atoms with van der Waals surface area (Å²) in [7, 11) is 0. The zero-order valence-corrected chi connectivity index (χ0v) is 15.6. The number of halogens is 1. The summed E-state index contributed by atoms with van der Waals surface area (Å²) in [6.45, 7) is 3.84. The van der Waals surface area contributed by atoms with Crippen LogP contribution in [0.1, 0.15) is 27.0 Å². The first-order valence-electron chi connectivity index (χ1n) is 8.27. The first-order valence-corrected chi connectivity index (χ1v) is 8.65. The van der Waals surface area contributed by atoms with Gasteiger partial charge in [-0.05, 0) is 49.2 Å². The number of hydrogen-bond donors (Lipinski definition) is 2. The molecule has 27 heavy (non-hydrogen) atoms. The van der Waals surface area contributed by atoms with Crippen LogP contribution in [0, 0.1) is 25.2 Å². The zero-order valence-electron chi connectivity index (χ0n) is 14.9. The lowest BCUT2D eigenvalue weighted by Gasteiger charge is -2.12. The van der Waals surface area contributed by atoms with E-state index >= 15 is 0 Å². The second kappa shape index (κ2) is 7.90. The van der Waals surface area contributed by atoms with E-state index in [1.807, 2.05) is 26.0 Å². The monoisotopic (exact) mass is 376 g/mol. The molecular weight excluding hydrogens is 360 g/mol. The van der Waals surface area contributed by atoms with Crippen LogP contribution < -0.4 is 10.6 Å². The molecule has 0 unspecified atom stereocenters. The van der Waals surface area contributed by atoms with Crippen LogP contribution in [0.4, 0.5) is 17.1 Å². The smallest absolute Gasteiger partial charge is 0.257 e. The van der Waals surface area contributed by atoms with Crippen LogP contribution in [-0.2, 0) is 0 Å². The number of aryl methyl sites for hydroxylation is 2. The molecule has 0 aliphatic carbocycles. The first kappa shape index (κ1) is 18.4. The van der Waals surface area contributed by atoms with Gasteiger partial charge < -0.3 is 10.6 Å². The minimum Gasteiger partial charge on any atom is -0.353 e. The number of para-hydroxylation sites is 1. The number of anilines is 3. The normalized spacial score (nSPS) is 10.1. The molecule has 3 aromatic rings. The van der Waals surface area contributed by atoms with Gasteiger partial charge in [-0.2, -0.15) is 5.26 Å². The maximum absolute atomic E-state index is 12.6. The average molecular weight is 377 g/mol. The van der Waals surface area contributed by atoms with Crippen LogP contribution in [0.2, 0.25) is 5.02 Å². The van der Waals surface area contributed by atoms with Gasteiger partial charge in [-0.25, -0.2) is 0 Å². The Morgan fingerprint density at radius 3 is 2.67 bits per heavy atom. The van der Waals surface area contributed by atoms with Crippen molar-refractivity contribution in [3.8, 4) is 6.07 Å². The third-order valence-corrected chi connectivity index (χ3v) is 4.30. The highest BCUT2D eigenvalue weighted by molar-refractivity contribution is 6.34. The number of nitrogens with zero attached hydrogens (tertiary/aromatic N) is 2. The second-order valence-electron chi connectivity index (χ2n) is 6.14. The Morgan fingerprint density at radius 2 is 1.93 bits per heavy atom. The van der Waals surface area contributed by atoms with E-state index in [-0.39, 0.29) is 5.91 Å². The van der Waals surface area contributed by atoms with Crippen LogP contribution in [0.5, 0.6) is 0 Å². The number of carbonyl (C=O) groups excluding carboxylic acids is 1. The fourth-order valence-electron chi connectivity index (χ4n) is 2.74. The molecule has 1 aromatic heterocycles. The standard InChI is InChI=1S/C21H17ClN4O/c1-13-7-14(2)20(18(22)8-13)26-21(27)16-9-17(12-24-11-16)25-19-6-4-3-5-15(19)10-23/h3-9,11-12,25H,1-2H3,(H,26,27). The van der Waals surface area contributed by atoms with Gasteiger partial charge in [0.2, 0.25) is 0 Å². The number of pyridine rings is 1. The Hall–Kier alpha value is -3.36. The summed E-state index contributed by atoms with van der Waals surface area (Å²) < 4.78 is 0. The quantitative estimate of drug-likeness (QED) is 0.654. The maximum atomic E-state index is 12.6. The summed E-state index contributed by atoms with van der Waals surface area (Å²) in [5.74, 6) is -0.312. The number of benzene rings is 2. The van der Waals surface area contributed by atoms with Gasteiger partial charge in [0, 0.05) is 6.20 Å². The molecule has 134 valence electrons. The summed E-state index contributed by atoms with van der Waals surface area (Å²) in [6.07, 6.45) is 3.07. The Balaban J connectivity index is 1.83. The van der Waals surface area contributed by atoms with Gasteiger partial charge in [-0.15, -0.1) is 0 Å². The van der Waals surface area contributed by atoms with E-state index < -0.39 is 0 Å². The first-order chi connectivity index (χ1) is 13.0. The van der Waals surface area contributed by atoms with Crippen molar-refractivity contribution in [2.45, 2.75) is 13.8 Å². The van der Waals surface area contributed by atoms with E-state index in [0.29, 0.717) is 33.2 Å². The molecule has 2 N–H and O–H groups in total. The van der Waals surface area contributed by atoms with E-state index in [1.165, 1.54) is 6.20 Å². The van der Waals surface area contributed by atoms with Crippen molar-refractivity contribution in [3.63, 3.8) is 0 Å². The lowest BCUT2D eigenvalue weighted by molar-refractivity contribution is 0.102. The SMILES string of the molecule is Cc1cc(C)c(NC(=O)c2cncc(Nc3ccccc3C#N)c2)c(Cl)c1. The molecule has 1 heterocycles. The molecule has 0 radical (unpaired) electrons. The minimum absolute atomic E-state index is 0.312. The van der Waals surface area contributed by atoms with Crippen LogP contribution in [-0.4, -0.2) is 10.9 Å². The molecule has 0 saturated heterocycles. The molecule has 0 saturated carbocycles. The van der Waals surface area contributed by atoms with Crippen molar-refractivity contribution < 1.29 is 4.79 Å². The lowest BCUT2D eigenvalue weighted by Crippen LogP contribution is -2.14. The van der Waals surface area contributed by atoms with Gasteiger partial charge in [0.1, 0.15) is 6.07 Å². The molecule has 2 aromatic carbocycles. The van der Waals surface area contributed by atoms with Crippen LogP contribution in [0.3, 0.4) is 0 Å². The number of nitrogens with one attached hydrogen (secondary N) is 2. The number of hydrogen-bond acceptors (Lipinski definition) is 4. The number of aromatic nitrogens is 1. The average Bonchev–Trinajstić information content (AvgIpc) is 2.65. The Kier molecular flexibility index (Phi) is 5.39. The van der Waals surface area contributed by atoms with E-state index in [1.54, 1.807) is 36.5 Å². The van der Waals surface area contributed by atoms with Crippen LogP contribution >= 0.6 is 11.6 Å². The summed E-state index contributed by atoms with van der Waals surface area (Å²) in [6, 6.07) is 14.7. The molecule has 6 heteroatoms. The highest BCUT2D eigenvalue weighted by atomic mass is 35.5. The Bertz CT molecular complexity index is 1030. The Morgan fingerprint density at radius 1 is 1.15 bits per heavy atom. The van der Waals surface area contributed by atoms with Crippen molar-refractivity contribution in [2.24, 2.45) is 0 Å². The molecule has 0 aliphatic heterocycles. The van der Waals surface area contributed by atoms with Crippen molar-refractivity contribution in [2.75, 3.05) is 10.6 Å². The number of rotatable bonds is 4. The van der Waals surface area contributed by atoms with Gasteiger partial charge in [-0.1, -0.05) is 29.8 Å². The highest BCUT2D eigenvalue weighted by Crippen LogP contribution is 2.28. The minimum atomic E-state index is -0.312. The number of carbonyl (C=O) groups is 1. The molecule has 0 atom stereocenters. The predicted octanol–water partition coefficient (Wildman–Crippen LogP) is 5.22. The van der Waals surface area contributed by atoms with Crippen LogP contribution in [0.25, 0.3) is 0 Å². The molecule has 1 amide bonds. The van der Waals surface area contributed by atoms with E-state index in [2.05, 4.69) is 21.7 Å². The van der Waals surface area contributed by atoms with Crippen molar-refractivity contribution in [3.05, 3.63) is 82.1 Å². The molecule has 0 bridgehead atoms.